The summed E-state index contributed by atoms with van der Waals surface area (Å²) in [6.45, 7) is 1.87. The molecule has 2 aromatic rings. The molecule has 11 heteroatoms. The number of aromatic carboxylic acids is 1. The molecule has 5 atom stereocenters. The zero-order valence-corrected chi connectivity index (χ0v) is 20.5. The number of aliphatic hydroxyl groups excluding tert-OH is 3. The summed E-state index contributed by atoms with van der Waals surface area (Å²) in [5.41, 5.74) is -2.47. The van der Waals surface area contributed by atoms with Crippen LogP contribution in [0.2, 0.25) is 0 Å². The maximum atomic E-state index is 12.2. The van der Waals surface area contributed by atoms with Gasteiger partial charge < -0.3 is 45.2 Å². The Balaban J connectivity index is 1.78. The normalized spacial score (nSPS) is 28.5. The number of phenolic OH excluding ortho intramolecular Hbond substituents is 2. The number of carbonyl (C=O) groups excluding carboxylic acids is 1. The van der Waals surface area contributed by atoms with Crippen LogP contribution in [-0.4, -0.2) is 84.3 Å². The number of benzene rings is 2. The second kappa shape index (κ2) is 10.1. The van der Waals surface area contributed by atoms with Gasteiger partial charge in [0.25, 0.3) is 0 Å². The van der Waals surface area contributed by atoms with Crippen LogP contribution in [0.3, 0.4) is 0 Å². The number of rotatable bonds is 7. The van der Waals surface area contributed by atoms with Gasteiger partial charge in [0.2, 0.25) is 6.29 Å². The molecule has 1 heterocycles. The Morgan fingerprint density at radius 3 is 2.35 bits per heavy atom. The van der Waals surface area contributed by atoms with Crippen LogP contribution in [0.1, 0.15) is 65.3 Å². The van der Waals surface area contributed by atoms with Gasteiger partial charge in [0.15, 0.2) is 5.78 Å². The minimum Gasteiger partial charge on any atom is -0.507 e. The van der Waals surface area contributed by atoms with Crippen LogP contribution in [0.4, 0.5) is 0 Å². The van der Waals surface area contributed by atoms with E-state index in [0.717, 1.165) is 37.8 Å². The van der Waals surface area contributed by atoms with Crippen LogP contribution in [-0.2, 0) is 4.74 Å². The van der Waals surface area contributed by atoms with Gasteiger partial charge in [-0.1, -0.05) is 25.7 Å². The maximum absolute atomic E-state index is 12.2. The van der Waals surface area contributed by atoms with E-state index >= 15 is 0 Å². The highest BCUT2D eigenvalue weighted by atomic mass is 16.7. The first kappa shape index (κ1) is 27.1. The third-order valence-corrected chi connectivity index (χ3v) is 7.63. The minimum atomic E-state index is -1.96. The van der Waals surface area contributed by atoms with E-state index in [4.69, 9.17) is 9.47 Å². The molecule has 0 bridgehead atoms. The highest BCUT2D eigenvalue weighted by Gasteiger charge is 2.56. The van der Waals surface area contributed by atoms with Crippen molar-refractivity contribution >= 4 is 22.5 Å². The highest BCUT2D eigenvalue weighted by Crippen LogP contribution is 2.46. The van der Waals surface area contributed by atoms with Crippen molar-refractivity contribution in [3.8, 4) is 17.2 Å². The fourth-order valence-electron chi connectivity index (χ4n) is 5.66. The summed E-state index contributed by atoms with van der Waals surface area (Å²) in [4.78, 5) is 24.0. The topological polar surface area (TPSA) is 194 Å². The summed E-state index contributed by atoms with van der Waals surface area (Å²) < 4.78 is 11.4. The molecule has 2 fully saturated rings. The van der Waals surface area contributed by atoms with Gasteiger partial charge in [0.1, 0.15) is 41.2 Å². The number of hydrogen-bond donors (Lipinski definition) is 7. The molecule has 37 heavy (non-hydrogen) atoms. The van der Waals surface area contributed by atoms with Crippen molar-refractivity contribution in [3.05, 3.63) is 28.8 Å². The zero-order valence-electron chi connectivity index (χ0n) is 20.5. The molecule has 0 aromatic heterocycles. The van der Waals surface area contributed by atoms with Crippen molar-refractivity contribution in [2.75, 3.05) is 6.61 Å². The second-order valence-corrected chi connectivity index (χ2v) is 10.0. The van der Waals surface area contributed by atoms with Gasteiger partial charge in [-0.25, -0.2) is 4.79 Å². The first-order chi connectivity index (χ1) is 17.4. The van der Waals surface area contributed by atoms with Crippen molar-refractivity contribution in [1.82, 2.24) is 0 Å². The summed E-state index contributed by atoms with van der Waals surface area (Å²) in [6, 6.07) is 2.11. The summed E-state index contributed by atoms with van der Waals surface area (Å²) in [6.07, 6.45) is -2.95. The number of carboxylic acid groups (broad SMARTS) is 1. The zero-order chi connectivity index (χ0) is 27.2. The van der Waals surface area contributed by atoms with Crippen LogP contribution in [0.5, 0.6) is 17.2 Å². The minimum absolute atomic E-state index is 0.0349. The fourth-order valence-corrected chi connectivity index (χ4v) is 5.66. The van der Waals surface area contributed by atoms with Gasteiger partial charge >= 0.3 is 5.97 Å². The molecule has 1 aliphatic carbocycles. The lowest BCUT2D eigenvalue weighted by molar-refractivity contribution is -0.316. The first-order valence-electron chi connectivity index (χ1n) is 12.2. The molecule has 1 aliphatic heterocycles. The number of carboxylic acids is 1. The number of Topliss-reactive ketones (excluding diaryl/α,β-unsaturated/α-hetero) is 1. The van der Waals surface area contributed by atoms with E-state index in [-0.39, 0.29) is 45.6 Å². The Hall–Kier alpha value is -2.96. The van der Waals surface area contributed by atoms with E-state index in [0.29, 0.717) is 0 Å². The van der Waals surface area contributed by atoms with E-state index in [1.54, 1.807) is 0 Å². The lowest BCUT2D eigenvalue weighted by Crippen LogP contribution is -2.68. The fraction of sp³-hybridized carbons (Fsp3) is 0.538. The molecular formula is C26H32O11. The van der Waals surface area contributed by atoms with Crippen LogP contribution >= 0.6 is 0 Å². The molecule has 11 nitrogen and oxygen atoms in total. The summed E-state index contributed by atoms with van der Waals surface area (Å²) in [5.74, 6) is -3.27. The van der Waals surface area contributed by atoms with E-state index in [1.165, 1.54) is 13.8 Å². The number of fused-ring (bicyclic) bond motifs is 1. The van der Waals surface area contributed by atoms with Crippen molar-refractivity contribution in [1.29, 1.82) is 0 Å². The van der Waals surface area contributed by atoms with Gasteiger partial charge in [-0.05, 0) is 38.3 Å². The van der Waals surface area contributed by atoms with Gasteiger partial charge in [-0.15, -0.1) is 0 Å². The van der Waals surface area contributed by atoms with Crippen molar-refractivity contribution < 1.29 is 54.8 Å². The SMILES string of the molecule is CC(=O)c1c(C)c(O)c2cc(C(=O)O)cc(OC3OC(CO)C(O)(CC4CCCC4)C(O)C3O)c2c1O. The van der Waals surface area contributed by atoms with Gasteiger partial charge in [-0.3, -0.25) is 4.79 Å². The maximum Gasteiger partial charge on any atom is 0.335 e. The van der Waals surface area contributed by atoms with Gasteiger partial charge in [0, 0.05) is 10.9 Å². The number of ether oxygens (including phenoxy) is 2. The lowest BCUT2D eigenvalue weighted by atomic mass is 9.77. The van der Waals surface area contributed by atoms with Crippen molar-refractivity contribution in [3.63, 3.8) is 0 Å². The molecule has 7 N–H and O–H groups in total. The molecule has 0 spiro atoms. The second-order valence-electron chi connectivity index (χ2n) is 10.0. The molecule has 202 valence electrons. The average Bonchev–Trinajstić information content (AvgIpc) is 3.35. The number of carbonyl (C=O) groups is 2. The highest BCUT2D eigenvalue weighted by molar-refractivity contribution is 6.11. The predicted octanol–water partition coefficient (Wildman–Crippen LogP) is 1.59. The van der Waals surface area contributed by atoms with E-state index in [9.17, 15) is 45.3 Å². The number of aromatic hydroxyl groups is 2. The smallest absolute Gasteiger partial charge is 0.335 e. The molecule has 2 aliphatic rings. The number of phenols is 2. The molecule has 5 unspecified atom stereocenters. The van der Waals surface area contributed by atoms with Crippen molar-refractivity contribution in [2.45, 2.75) is 76.2 Å². The largest absolute Gasteiger partial charge is 0.507 e. The molecular weight excluding hydrogens is 488 g/mol. The molecule has 1 saturated heterocycles. The van der Waals surface area contributed by atoms with Crippen molar-refractivity contribution in [2.24, 2.45) is 5.92 Å². The number of aliphatic hydroxyl groups is 4. The Morgan fingerprint density at radius 2 is 1.78 bits per heavy atom. The lowest BCUT2D eigenvalue weighted by Gasteiger charge is -2.48. The van der Waals surface area contributed by atoms with Crippen LogP contribution in [0.15, 0.2) is 12.1 Å². The number of ketones is 1. The van der Waals surface area contributed by atoms with Crippen LogP contribution in [0, 0.1) is 12.8 Å². The Kier molecular flexibility index (Phi) is 7.37. The predicted molar refractivity (Wildman–Crippen MR) is 129 cm³/mol. The Bertz CT molecular complexity index is 1220. The Morgan fingerprint density at radius 1 is 1.14 bits per heavy atom. The summed E-state index contributed by atoms with van der Waals surface area (Å²) >= 11 is 0. The molecule has 0 amide bonds. The van der Waals surface area contributed by atoms with Gasteiger partial charge in [0.05, 0.1) is 23.1 Å². The third kappa shape index (κ3) is 4.62. The molecule has 2 aromatic carbocycles. The average molecular weight is 521 g/mol. The van der Waals surface area contributed by atoms with Crippen LogP contribution < -0.4 is 4.74 Å². The van der Waals surface area contributed by atoms with E-state index in [2.05, 4.69) is 0 Å². The van der Waals surface area contributed by atoms with E-state index < -0.39 is 60.1 Å². The van der Waals surface area contributed by atoms with E-state index in [1.807, 2.05) is 0 Å². The first-order valence-corrected chi connectivity index (χ1v) is 12.2. The molecule has 4 rings (SSSR count). The third-order valence-electron chi connectivity index (χ3n) is 7.63. The quantitative estimate of drug-likeness (QED) is 0.207. The van der Waals surface area contributed by atoms with Crippen LogP contribution in [0.25, 0.3) is 10.8 Å². The molecule has 1 saturated carbocycles. The molecule has 0 radical (unpaired) electrons. The standard InChI is InChI=1S/C26H32O11/c1-11-18(12(2)28)21(30)19-15(20(11)29)7-14(24(33)34)8-16(19)36-25-22(31)23(32)26(35,17(10-27)37-25)9-13-5-3-4-6-13/h7-8,13,17,22-23,25,27,29-32,35H,3-6,9-10H2,1-2H3,(H,33,34). The Labute approximate surface area is 212 Å². The monoisotopic (exact) mass is 520 g/mol. The van der Waals surface area contributed by atoms with Gasteiger partial charge in [-0.2, -0.15) is 0 Å². The number of hydrogen-bond acceptors (Lipinski definition) is 10. The summed E-state index contributed by atoms with van der Waals surface area (Å²) in [5, 5.41) is 73.9. The summed E-state index contributed by atoms with van der Waals surface area (Å²) in [7, 11) is 0.